The zero-order chi connectivity index (χ0) is 11.8. The van der Waals surface area contributed by atoms with Crippen LogP contribution in [-0.4, -0.2) is 0 Å². The van der Waals surface area contributed by atoms with Crippen molar-refractivity contribution in [1.29, 1.82) is 0 Å². The fourth-order valence-electron chi connectivity index (χ4n) is 1.24. The lowest BCUT2D eigenvalue weighted by molar-refractivity contribution is 0.889. The topological polar surface area (TPSA) is 0 Å². The molecule has 0 rings (SSSR count). The molecule has 0 heteroatoms. The Kier molecular flexibility index (Phi) is 6.77. The number of hydrogen-bond acceptors (Lipinski definition) is 0. The van der Waals surface area contributed by atoms with E-state index in [9.17, 15) is 0 Å². The van der Waals surface area contributed by atoms with Crippen LogP contribution in [0, 0.1) is 0 Å². The van der Waals surface area contributed by atoms with E-state index < -0.39 is 0 Å². The van der Waals surface area contributed by atoms with Crippen LogP contribution in [0.2, 0.25) is 0 Å². The second kappa shape index (κ2) is 7.28. The van der Waals surface area contributed by atoms with E-state index in [-0.39, 0.29) is 0 Å². The first-order valence-corrected chi connectivity index (χ1v) is 5.53. The third-order valence-corrected chi connectivity index (χ3v) is 2.14. The molecule has 0 aromatic carbocycles. The molecule has 0 aromatic rings. The van der Waals surface area contributed by atoms with Crippen LogP contribution in [0.25, 0.3) is 0 Å². The molecule has 84 valence electrons. The maximum Gasteiger partial charge on any atom is -0.0111 e. The van der Waals surface area contributed by atoms with Crippen LogP contribution >= 0.6 is 0 Å². The van der Waals surface area contributed by atoms with E-state index in [0.29, 0.717) is 0 Å². The van der Waals surface area contributed by atoms with Gasteiger partial charge in [0.1, 0.15) is 0 Å². The van der Waals surface area contributed by atoms with E-state index in [1.807, 2.05) is 0 Å². The van der Waals surface area contributed by atoms with Crippen molar-refractivity contribution in [3.63, 3.8) is 0 Å². The van der Waals surface area contributed by atoms with E-state index >= 15 is 0 Å². The highest BCUT2D eigenvalue weighted by Gasteiger charge is 1.96. The summed E-state index contributed by atoms with van der Waals surface area (Å²) in [4.78, 5) is 0. The normalized spacial score (nSPS) is 11.1. The number of allylic oxidation sites excluding steroid dienone is 6. The smallest absolute Gasteiger partial charge is 0.0111 e. The molecule has 0 atom stereocenters. The molecule has 0 fully saturated rings. The molecule has 0 amide bonds. The standard InChI is InChI=1S/C15H24/c1-12(2)7-9-14(5)11-15(6)10-8-13(3)4/h8,10H,1,5,7,9,11H2,2-4,6H3/b15-10+. The van der Waals surface area contributed by atoms with Gasteiger partial charge in [0.05, 0.1) is 0 Å². The average molecular weight is 204 g/mol. The third kappa shape index (κ3) is 9.27. The second-order valence-corrected chi connectivity index (χ2v) is 4.64. The Morgan fingerprint density at radius 3 is 2.00 bits per heavy atom. The molecule has 0 heterocycles. The molecule has 0 aliphatic heterocycles. The van der Waals surface area contributed by atoms with Gasteiger partial charge in [0, 0.05) is 0 Å². The molecule has 0 saturated heterocycles. The first-order valence-electron chi connectivity index (χ1n) is 5.53. The predicted molar refractivity (Wildman–Crippen MR) is 71.0 cm³/mol. The van der Waals surface area contributed by atoms with Gasteiger partial charge < -0.3 is 0 Å². The van der Waals surface area contributed by atoms with Gasteiger partial charge in [-0.2, -0.15) is 0 Å². The number of hydrogen-bond donors (Lipinski definition) is 0. The highest BCUT2D eigenvalue weighted by atomic mass is 14.0. The fourth-order valence-corrected chi connectivity index (χ4v) is 1.24. The Morgan fingerprint density at radius 1 is 0.933 bits per heavy atom. The summed E-state index contributed by atoms with van der Waals surface area (Å²) in [7, 11) is 0. The second-order valence-electron chi connectivity index (χ2n) is 4.64. The molecule has 0 nitrogen and oxygen atoms in total. The summed E-state index contributed by atoms with van der Waals surface area (Å²) in [6.07, 6.45) is 7.48. The first kappa shape index (κ1) is 14.0. The molecule has 0 aliphatic rings. The molecular formula is C15H24. The maximum atomic E-state index is 4.09. The van der Waals surface area contributed by atoms with Gasteiger partial charge in [0.2, 0.25) is 0 Å². The lowest BCUT2D eigenvalue weighted by Crippen LogP contribution is -1.85. The van der Waals surface area contributed by atoms with Crippen molar-refractivity contribution in [2.45, 2.75) is 47.0 Å². The van der Waals surface area contributed by atoms with Crippen molar-refractivity contribution in [2.24, 2.45) is 0 Å². The van der Waals surface area contributed by atoms with Crippen LogP contribution in [-0.2, 0) is 0 Å². The van der Waals surface area contributed by atoms with Crippen LogP contribution < -0.4 is 0 Å². The Balaban J connectivity index is 4.01. The summed E-state index contributed by atoms with van der Waals surface area (Å²) >= 11 is 0. The monoisotopic (exact) mass is 204 g/mol. The van der Waals surface area contributed by atoms with Gasteiger partial charge in [-0.15, -0.1) is 6.58 Å². The van der Waals surface area contributed by atoms with Crippen LogP contribution in [0.15, 0.2) is 47.6 Å². The number of rotatable bonds is 6. The summed E-state index contributed by atoms with van der Waals surface area (Å²) in [5.74, 6) is 0. The molecular weight excluding hydrogens is 180 g/mol. The third-order valence-electron chi connectivity index (χ3n) is 2.14. The quantitative estimate of drug-likeness (QED) is 0.412. The summed E-state index contributed by atoms with van der Waals surface area (Å²) in [6.45, 7) is 16.4. The van der Waals surface area contributed by atoms with E-state index in [0.717, 1.165) is 19.3 Å². The Bertz CT molecular complexity index is 283. The van der Waals surface area contributed by atoms with Gasteiger partial charge in [-0.1, -0.05) is 41.0 Å². The molecule has 0 saturated carbocycles. The summed E-state index contributed by atoms with van der Waals surface area (Å²) < 4.78 is 0. The largest absolute Gasteiger partial charge is 0.100 e. The fraction of sp³-hybridized carbons (Fsp3) is 0.467. The summed E-state index contributed by atoms with van der Waals surface area (Å²) in [5.41, 5.74) is 5.25. The molecule has 0 aliphatic carbocycles. The average Bonchev–Trinajstić information content (AvgIpc) is 2.11. The highest BCUT2D eigenvalue weighted by molar-refractivity contribution is 5.19. The van der Waals surface area contributed by atoms with Gasteiger partial charge in [0.15, 0.2) is 0 Å². The van der Waals surface area contributed by atoms with Crippen molar-refractivity contribution in [3.05, 3.63) is 47.6 Å². The summed E-state index contributed by atoms with van der Waals surface area (Å²) in [5, 5.41) is 0. The maximum absolute atomic E-state index is 4.09. The minimum Gasteiger partial charge on any atom is -0.100 e. The highest BCUT2D eigenvalue weighted by Crippen LogP contribution is 2.16. The van der Waals surface area contributed by atoms with Crippen molar-refractivity contribution < 1.29 is 0 Å². The minimum atomic E-state index is 1.01. The predicted octanol–water partition coefficient (Wildman–Crippen LogP) is 5.20. The zero-order valence-corrected chi connectivity index (χ0v) is 10.7. The van der Waals surface area contributed by atoms with Gasteiger partial charge in [-0.25, -0.2) is 0 Å². The van der Waals surface area contributed by atoms with Crippen LogP contribution in [0.4, 0.5) is 0 Å². The van der Waals surface area contributed by atoms with Crippen LogP contribution in [0.5, 0.6) is 0 Å². The Labute approximate surface area is 95.1 Å². The van der Waals surface area contributed by atoms with Crippen LogP contribution in [0.1, 0.15) is 47.0 Å². The molecule has 0 radical (unpaired) electrons. The van der Waals surface area contributed by atoms with Crippen LogP contribution in [0.3, 0.4) is 0 Å². The molecule has 0 N–H and O–H groups in total. The zero-order valence-electron chi connectivity index (χ0n) is 10.7. The molecule has 0 spiro atoms. The lowest BCUT2D eigenvalue weighted by atomic mass is 10.0. The Hall–Kier alpha value is -1.04. The van der Waals surface area contributed by atoms with E-state index in [4.69, 9.17) is 0 Å². The van der Waals surface area contributed by atoms with Gasteiger partial charge >= 0.3 is 0 Å². The lowest BCUT2D eigenvalue weighted by Gasteiger charge is -2.05. The van der Waals surface area contributed by atoms with Gasteiger partial charge in [-0.05, 0) is 47.0 Å². The molecule has 15 heavy (non-hydrogen) atoms. The van der Waals surface area contributed by atoms with E-state index in [1.165, 1.54) is 22.3 Å². The minimum absolute atomic E-state index is 1.01. The molecule has 0 unspecified atom stereocenters. The summed E-state index contributed by atoms with van der Waals surface area (Å²) in [6, 6.07) is 0. The first-order chi connectivity index (χ1) is 6.91. The molecule has 0 bridgehead atoms. The van der Waals surface area contributed by atoms with Gasteiger partial charge in [0.25, 0.3) is 0 Å². The molecule has 0 aromatic heterocycles. The van der Waals surface area contributed by atoms with Crippen molar-refractivity contribution in [3.8, 4) is 0 Å². The Morgan fingerprint density at radius 2 is 1.53 bits per heavy atom. The van der Waals surface area contributed by atoms with E-state index in [2.05, 4.69) is 53.0 Å². The SMILES string of the molecule is C=C(C)CCC(=C)C/C(C)=C/C=C(C)C. The van der Waals surface area contributed by atoms with Crippen molar-refractivity contribution in [2.75, 3.05) is 0 Å². The van der Waals surface area contributed by atoms with E-state index in [1.54, 1.807) is 0 Å². The van der Waals surface area contributed by atoms with Crippen molar-refractivity contribution in [1.82, 2.24) is 0 Å². The van der Waals surface area contributed by atoms with Crippen molar-refractivity contribution >= 4 is 0 Å². The van der Waals surface area contributed by atoms with Gasteiger partial charge in [-0.3, -0.25) is 0 Å².